The van der Waals surface area contributed by atoms with Crippen LogP contribution in [0.5, 0.6) is 0 Å². The van der Waals surface area contributed by atoms with Gasteiger partial charge in [-0.2, -0.15) is 0 Å². The van der Waals surface area contributed by atoms with Gasteiger partial charge < -0.3 is 10.2 Å². The van der Waals surface area contributed by atoms with Gasteiger partial charge in [0.2, 0.25) is 0 Å². The molecule has 1 atom stereocenters. The first-order chi connectivity index (χ1) is 7.23. The Morgan fingerprint density at radius 2 is 2.00 bits per heavy atom. The Labute approximate surface area is 94.8 Å². The van der Waals surface area contributed by atoms with E-state index in [4.69, 9.17) is 5.11 Å². The number of rotatable bonds is 3. The lowest BCUT2D eigenvalue weighted by molar-refractivity contribution is -0.158. The minimum absolute atomic E-state index is 0.0305. The minimum Gasteiger partial charge on any atom is -0.479 e. The van der Waals surface area contributed by atoms with E-state index in [0.29, 0.717) is 13.0 Å². The normalized spacial score (nSPS) is 25.6. The third kappa shape index (κ3) is 3.73. The van der Waals surface area contributed by atoms with E-state index in [-0.39, 0.29) is 24.6 Å². The maximum absolute atomic E-state index is 11.3. The highest BCUT2D eigenvalue weighted by Crippen LogP contribution is 2.11. The van der Waals surface area contributed by atoms with Crippen molar-refractivity contribution in [3.8, 4) is 0 Å². The lowest BCUT2D eigenvalue weighted by atomic mass is 10.1. The van der Waals surface area contributed by atoms with Gasteiger partial charge in [-0.3, -0.25) is 4.90 Å². The van der Waals surface area contributed by atoms with Crippen LogP contribution in [0.1, 0.15) is 13.3 Å². The lowest BCUT2D eigenvalue weighted by Gasteiger charge is -2.27. The van der Waals surface area contributed by atoms with Crippen molar-refractivity contribution in [2.24, 2.45) is 0 Å². The van der Waals surface area contributed by atoms with Gasteiger partial charge in [-0.25, -0.2) is 13.2 Å². The smallest absolute Gasteiger partial charge is 0.336 e. The zero-order valence-electron chi connectivity index (χ0n) is 9.22. The number of carbonyl (C=O) groups is 1. The molecule has 1 aliphatic rings. The van der Waals surface area contributed by atoms with Crippen molar-refractivity contribution in [3.05, 3.63) is 0 Å². The van der Waals surface area contributed by atoms with Crippen LogP contribution in [-0.2, 0) is 14.6 Å². The van der Waals surface area contributed by atoms with Crippen LogP contribution in [0.4, 0.5) is 0 Å². The number of aliphatic hydroxyl groups is 1. The van der Waals surface area contributed by atoms with Gasteiger partial charge in [-0.1, -0.05) is 0 Å². The fraction of sp³-hybridized carbons (Fsp3) is 0.889. The van der Waals surface area contributed by atoms with Crippen LogP contribution in [0.15, 0.2) is 0 Å². The number of sulfone groups is 1. The van der Waals surface area contributed by atoms with Crippen molar-refractivity contribution in [2.45, 2.75) is 18.9 Å². The summed E-state index contributed by atoms with van der Waals surface area (Å²) in [7, 11) is -3.00. The quantitative estimate of drug-likeness (QED) is 0.664. The first kappa shape index (κ1) is 13.4. The Kier molecular flexibility index (Phi) is 3.92. The van der Waals surface area contributed by atoms with Gasteiger partial charge in [-0.05, 0) is 19.9 Å². The van der Waals surface area contributed by atoms with Crippen molar-refractivity contribution in [3.63, 3.8) is 0 Å². The van der Waals surface area contributed by atoms with Crippen LogP contribution in [-0.4, -0.2) is 66.2 Å². The second-order valence-corrected chi connectivity index (χ2v) is 6.66. The van der Waals surface area contributed by atoms with Gasteiger partial charge in [0.25, 0.3) is 0 Å². The fourth-order valence-electron chi connectivity index (χ4n) is 1.65. The largest absolute Gasteiger partial charge is 0.479 e. The zero-order chi connectivity index (χ0) is 12.4. The zero-order valence-corrected chi connectivity index (χ0v) is 10.0. The topological polar surface area (TPSA) is 94.9 Å². The lowest BCUT2D eigenvalue weighted by Crippen LogP contribution is -2.47. The van der Waals surface area contributed by atoms with Crippen LogP contribution in [0.2, 0.25) is 0 Å². The highest BCUT2D eigenvalue weighted by atomic mass is 32.2. The van der Waals surface area contributed by atoms with Crippen LogP contribution >= 0.6 is 0 Å². The molecule has 1 heterocycles. The van der Waals surface area contributed by atoms with E-state index in [9.17, 15) is 18.3 Å². The predicted molar refractivity (Wildman–Crippen MR) is 58.0 cm³/mol. The van der Waals surface area contributed by atoms with E-state index in [1.165, 1.54) is 6.92 Å². The molecule has 1 fully saturated rings. The summed E-state index contributed by atoms with van der Waals surface area (Å²) >= 11 is 0. The Hall–Kier alpha value is -0.660. The molecule has 7 heteroatoms. The molecule has 1 saturated heterocycles. The summed E-state index contributed by atoms with van der Waals surface area (Å²) in [6.45, 7) is 1.96. The molecule has 1 aliphatic heterocycles. The maximum Gasteiger partial charge on any atom is 0.336 e. The van der Waals surface area contributed by atoms with Crippen molar-refractivity contribution < 1.29 is 23.4 Å². The summed E-state index contributed by atoms with van der Waals surface area (Å²) in [6.07, 6.45) is 0.484. The molecule has 0 aromatic rings. The highest BCUT2D eigenvalue weighted by Gasteiger charge is 2.33. The van der Waals surface area contributed by atoms with Crippen molar-refractivity contribution >= 4 is 15.8 Å². The van der Waals surface area contributed by atoms with Gasteiger partial charge >= 0.3 is 5.97 Å². The van der Waals surface area contributed by atoms with E-state index in [1.807, 2.05) is 0 Å². The molecule has 0 bridgehead atoms. The summed E-state index contributed by atoms with van der Waals surface area (Å²) in [5, 5.41) is 18.3. The highest BCUT2D eigenvalue weighted by molar-refractivity contribution is 7.91. The van der Waals surface area contributed by atoms with E-state index in [2.05, 4.69) is 0 Å². The molecule has 1 rings (SSSR count). The van der Waals surface area contributed by atoms with Gasteiger partial charge in [-0.15, -0.1) is 0 Å². The monoisotopic (exact) mass is 251 g/mol. The van der Waals surface area contributed by atoms with Gasteiger partial charge in [0.05, 0.1) is 11.5 Å². The molecule has 0 radical (unpaired) electrons. The van der Waals surface area contributed by atoms with Crippen LogP contribution in [0.3, 0.4) is 0 Å². The molecule has 16 heavy (non-hydrogen) atoms. The molecule has 0 spiro atoms. The minimum atomic E-state index is -3.00. The molecular weight excluding hydrogens is 234 g/mol. The molecule has 2 N–H and O–H groups in total. The summed E-state index contributed by atoms with van der Waals surface area (Å²) in [5.74, 6) is -1.12. The fourth-order valence-corrected chi connectivity index (χ4v) is 2.96. The molecule has 0 aliphatic carbocycles. The summed E-state index contributed by atoms with van der Waals surface area (Å²) < 4.78 is 22.6. The number of hydrogen-bond acceptors (Lipinski definition) is 5. The first-order valence-electron chi connectivity index (χ1n) is 5.11. The van der Waals surface area contributed by atoms with Crippen LogP contribution < -0.4 is 0 Å². The van der Waals surface area contributed by atoms with E-state index >= 15 is 0 Å². The first-order valence-corrected chi connectivity index (χ1v) is 6.94. The molecule has 0 saturated carbocycles. The Morgan fingerprint density at radius 3 is 2.56 bits per heavy atom. The Morgan fingerprint density at radius 1 is 1.38 bits per heavy atom. The molecular formula is C9H17NO5S. The number of aliphatic carboxylic acids is 1. The van der Waals surface area contributed by atoms with Gasteiger partial charge in [0, 0.05) is 13.1 Å². The Bertz CT molecular complexity index is 362. The SMILES string of the molecule is CC(O)(CN1CCCS(=O)(=O)CC1)C(=O)O. The second kappa shape index (κ2) is 4.68. The van der Waals surface area contributed by atoms with E-state index < -0.39 is 21.4 Å². The third-order valence-electron chi connectivity index (χ3n) is 2.64. The summed E-state index contributed by atoms with van der Waals surface area (Å²) in [4.78, 5) is 12.4. The van der Waals surface area contributed by atoms with E-state index in [0.717, 1.165) is 0 Å². The molecule has 0 aromatic carbocycles. The van der Waals surface area contributed by atoms with E-state index in [1.54, 1.807) is 4.90 Å². The van der Waals surface area contributed by atoms with Crippen LogP contribution in [0, 0.1) is 0 Å². The van der Waals surface area contributed by atoms with Crippen molar-refractivity contribution in [2.75, 3.05) is 31.1 Å². The summed E-state index contributed by atoms with van der Waals surface area (Å²) in [5.41, 5.74) is -1.83. The number of carboxylic acid groups (broad SMARTS) is 1. The third-order valence-corrected chi connectivity index (χ3v) is 4.36. The molecule has 0 aromatic heterocycles. The molecule has 1 unspecified atom stereocenters. The maximum atomic E-state index is 11.3. The van der Waals surface area contributed by atoms with Gasteiger partial charge in [0.1, 0.15) is 0 Å². The summed E-state index contributed by atoms with van der Waals surface area (Å²) in [6, 6.07) is 0. The van der Waals surface area contributed by atoms with Crippen LogP contribution in [0.25, 0.3) is 0 Å². The molecule has 0 amide bonds. The number of β-amino-alcohol motifs (C(OH)–C–C–N with tert-alkyl or cyclic N) is 1. The number of hydrogen-bond donors (Lipinski definition) is 2. The number of nitrogens with zero attached hydrogens (tertiary/aromatic N) is 1. The second-order valence-electron chi connectivity index (χ2n) is 4.36. The van der Waals surface area contributed by atoms with Crippen molar-refractivity contribution in [1.82, 2.24) is 4.90 Å². The number of carboxylic acids is 1. The molecule has 94 valence electrons. The molecule has 6 nitrogen and oxygen atoms in total. The average molecular weight is 251 g/mol. The standard InChI is InChI=1S/C9H17NO5S/c1-9(13,8(11)12)7-10-3-2-5-16(14,15)6-4-10/h13H,2-7H2,1H3,(H,11,12). The predicted octanol–water partition coefficient (Wildman–Crippen LogP) is -1.06. The Balaban J connectivity index is 2.60. The van der Waals surface area contributed by atoms with Gasteiger partial charge in [0.15, 0.2) is 15.4 Å². The average Bonchev–Trinajstić information content (AvgIpc) is 2.27. The van der Waals surface area contributed by atoms with Crippen molar-refractivity contribution in [1.29, 1.82) is 0 Å².